The summed E-state index contributed by atoms with van der Waals surface area (Å²) in [5, 5.41) is 10.5. The molecule has 3 heterocycles. The monoisotopic (exact) mass is 414 g/mol. The van der Waals surface area contributed by atoms with Crippen molar-refractivity contribution in [1.82, 2.24) is 25.1 Å². The first-order valence-electron chi connectivity index (χ1n) is 9.18. The van der Waals surface area contributed by atoms with E-state index < -0.39 is 0 Å². The first kappa shape index (κ1) is 20.8. The maximum absolute atomic E-state index is 12.8. The van der Waals surface area contributed by atoms with Crippen LogP contribution in [0.25, 0.3) is 11.4 Å². The van der Waals surface area contributed by atoms with Gasteiger partial charge in [0.15, 0.2) is 0 Å². The number of aromatic nitrogens is 4. The van der Waals surface area contributed by atoms with Gasteiger partial charge in [0.05, 0.1) is 12.1 Å². The molecule has 1 saturated heterocycles. The highest BCUT2D eigenvalue weighted by Gasteiger charge is 2.34. The number of nitrogens with zero attached hydrogens (tertiary/aromatic N) is 3. The molecule has 1 aliphatic heterocycles. The van der Waals surface area contributed by atoms with Crippen LogP contribution < -0.4 is 16.2 Å². The van der Waals surface area contributed by atoms with Gasteiger partial charge in [-0.15, -0.1) is 12.4 Å². The van der Waals surface area contributed by atoms with Gasteiger partial charge in [0.1, 0.15) is 5.82 Å². The lowest BCUT2D eigenvalue weighted by atomic mass is 9.90. The Hall–Kier alpha value is -2.97. The number of aryl methyl sites for hydroxylation is 2. The molecule has 1 aliphatic rings. The van der Waals surface area contributed by atoms with Crippen LogP contribution in [-0.4, -0.2) is 38.7 Å². The summed E-state index contributed by atoms with van der Waals surface area (Å²) in [6.07, 6.45) is 3.78. The van der Waals surface area contributed by atoms with Gasteiger partial charge in [-0.25, -0.2) is 4.98 Å². The maximum Gasteiger partial charge on any atom is 0.251 e. The number of carbonyl (C=O) groups excluding carboxylic acids is 1. The van der Waals surface area contributed by atoms with Gasteiger partial charge in [-0.3, -0.25) is 14.3 Å². The van der Waals surface area contributed by atoms with Crippen LogP contribution in [0.5, 0.6) is 0 Å². The minimum absolute atomic E-state index is 0. The van der Waals surface area contributed by atoms with Gasteiger partial charge < -0.3 is 15.6 Å². The van der Waals surface area contributed by atoms with Crippen LogP contribution >= 0.6 is 12.4 Å². The van der Waals surface area contributed by atoms with Crippen LogP contribution in [0.2, 0.25) is 0 Å². The Balaban J connectivity index is 0.00000240. The van der Waals surface area contributed by atoms with Crippen molar-refractivity contribution in [2.24, 2.45) is 13.0 Å². The smallest absolute Gasteiger partial charge is 0.251 e. The first-order chi connectivity index (χ1) is 13.5. The zero-order chi connectivity index (χ0) is 19.7. The van der Waals surface area contributed by atoms with Crippen LogP contribution in [-0.2, 0) is 11.8 Å². The van der Waals surface area contributed by atoms with Crippen molar-refractivity contribution in [3.63, 3.8) is 0 Å². The number of rotatable bonds is 4. The number of aromatic amines is 1. The van der Waals surface area contributed by atoms with Gasteiger partial charge in [0, 0.05) is 55.3 Å². The largest absolute Gasteiger partial charge is 0.326 e. The molecular weight excluding hydrogens is 392 g/mol. The summed E-state index contributed by atoms with van der Waals surface area (Å²) in [6, 6.07) is 8.75. The number of hydrogen-bond donors (Lipinski definition) is 3. The molecule has 3 N–H and O–H groups in total. The first-order valence-corrected chi connectivity index (χ1v) is 9.18. The maximum atomic E-state index is 12.8. The summed E-state index contributed by atoms with van der Waals surface area (Å²) in [4.78, 5) is 31.5. The van der Waals surface area contributed by atoms with E-state index in [0.29, 0.717) is 23.8 Å². The second-order valence-corrected chi connectivity index (χ2v) is 7.12. The lowest BCUT2D eigenvalue weighted by molar-refractivity contribution is -0.119. The fourth-order valence-corrected chi connectivity index (χ4v) is 3.60. The van der Waals surface area contributed by atoms with Gasteiger partial charge in [-0.1, -0.05) is 0 Å². The molecule has 0 spiro atoms. The Morgan fingerprint density at radius 3 is 2.66 bits per heavy atom. The third-order valence-corrected chi connectivity index (χ3v) is 5.00. The van der Waals surface area contributed by atoms with Crippen LogP contribution in [0.15, 0.2) is 47.5 Å². The Morgan fingerprint density at radius 1 is 1.24 bits per heavy atom. The van der Waals surface area contributed by atoms with Crippen molar-refractivity contribution < 1.29 is 4.79 Å². The van der Waals surface area contributed by atoms with E-state index in [-0.39, 0.29) is 35.7 Å². The van der Waals surface area contributed by atoms with Crippen LogP contribution in [0.4, 0.5) is 5.69 Å². The Kier molecular flexibility index (Phi) is 6.14. The molecule has 2 atom stereocenters. The van der Waals surface area contributed by atoms with Crippen LogP contribution in [0, 0.1) is 12.8 Å². The number of nitrogens with one attached hydrogen (secondary N) is 3. The van der Waals surface area contributed by atoms with Crippen molar-refractivity contribution in [2.75, 3.05) is 18.4 Å². The van der Waals surface area contributed by atoms with Crippen LogP contribution in [0.3, 0.4) is 0 Å². The molecule has 0 aliphatic carbocycles. The average Bonchev–Trinajstić information content (AvgIpc) is 3.30. The summed E-state index contributed by atoms with van der Waals surface area (Å²) in [5.41, 5.74) is 3.04. The average molecular weight is 415 g/mol. The fraction of sp³-hybridized carbons (Fsp3) is 0.300. The van der Waals surface area contributed by atoms with E-state index in [2.05, 4.69) is 25.7 Å². The van der Waals surface area contributed by atoms with Crippen molar-refractivity contribution in [3.8, 4) is 11.4 Å². The second-order valence-electron chi connectivity index (χ2n) is 7.12. The van der Waals surface area contributed by atoms with Crippen molar-refractivity contribution in [2.45, 2.75) is 12.8 Å². The topological polar surface area (TPSA) is 105 Å². The highest BCUT2D eigenvalue weighted by molar-refractivity contribution is 5.93. The number of benzene rings is 1. The Labute approximate surface area is 174 Å². The molecule has 1 amide bonds. The third-order valence-electron chi connectivity index (χ3n) is 5.00. The van der Waals surface area contributed by atoms with Gasteiger partial charge >= 0.3 is 0 Å². The van der Waals surface area contributed by atoms with E-state index in [0.717, 1.165) is 17.7 Å². The SMILES string of the molecule is Cc1cc(=O)[nH]c(-c2ccc(NC(=O)[C@H]3CNC[C@@H]3c3cnn(C)c3)cc2)n1.Cl. The third kappa shape index (κ3) is 4.55. The van der Waals surface area contributed by atoms with Crippen molar-refractivity contribution in [3.05, 3.63) is 64.3 Å². The van der Waals surface area contributed by atoms with Crippen LogP contribution in [0.1, 0.15) is 17.2 Å². The number of carbonyl (C=O) groups is 1. The van der Waals surface area contributed by atoms with Gasteiger partial charge in [0.25, 0.3) is 5.56 Å². The van der Waals surface area contributed by atoms with Gasteiger partial charge in [-0.2, -0.15) is 5.10 Å². The number of hydrogen-bond acceptors (Lipinski definition) is 5. The number of amides is 1. The molecule has 152 valence electrons. The molecule has 0 saturated carbocycles. The number of H-pyrrole nitrogens is 1. The molecule has 0 bridgehead atoms. The lowest BCUT2D eigenvalue weighted by Gasteiger charge is -2.17. The number of anilines is 1. The molecule has 0 radical (unpaired) electrons. The molecule has 1 aromatic carbocycles. The van der Waals surface area contributed by atoms with E-state index in [4.69, 9.17) is 0 Å². The summed E-state index contributed by atoms with van der Waals surface area (Å²) in [7, 11) is 1.87. The van der Waals surface area contributed by atoms with Gasteiger partial charge in [-0.05, 0) is 36.8 Å². The predicted molar refractivity (Wildman–Crippen MR) is 113 cm³/mol. The van der Waals surface area contributed by atoms with Crippen molar-refractivity contribution in [1.29, 1.82) is 0 Å². The van der Waals surface area contributed by atoms with Gasteiger partial charge in [0.2, 0.25) is 5.91 Å². The molecular formula is C20H23ClN6O2. The minimum Gasteiger partial charge on any atom is -0.326 e. The zero-order valence-corrected chi connectivity index (χ0v) is 17.0. The fourth-order valence-electron chi connectivity index (χ4n) is 3.60. The summed E-state index contributed by atoms with van der Waals surface area (Å²) in [5.74, 6) is 0.446. The summed E-state index contributed by atoms with van der Waals surface area (Å²) in [6.45, 7) is 3.18. The highest BCUT2D eigenvalue weighted by Crippen LogP contribution is 2.29. The summed E-state index contributed by atoms with van der Waals surface area (Å²) >= 11 is 0. The van der Waals surface area contributed by atoms with Crippen molar-refractivity contribution >= 4 is 24.0 Å². The van der Waals surface area contributed by atoms with E-state index >= 15 is 0 Å². The normalized spacial score (nSPS) is 18.3. The minimum atomic E-state index is -0.185. The van der Waals surface area contributed by atoms with E-state index in [1.165, 1.54) is 6.07 Å². The second kappa shape index (κ2) is 8.59. The van der Waals surface area contributed by atoms with E-state index in [1.54, 1.807) is 11.6 Å². The molecule has 0 unspecified atom stereocenters. The molecule has 3 aromatic rings. The number of halogens is 1. The Morgan fingerprint density at radius 2 is 2.00 bits per heavy atom. The molecule has 1 fully saturated rings. The molecule has 29 heavy (non-hydrogen) atoms. The quantitative estimate of drug-likeness (QED) is 0.604. The molecule has 8 nitrogen and oxygen atoms in total. The molecule has 4 rings (SSSR count). The van der Waals surface area contributed by atoms with E-state index in [1.807, 2.05) is 43.7 Å². The standard InChI is InChI=1S/C20H22N6O2.ClH/c1-12-7-18(27)25-19(23-12)13-3-5-15(6-4-13)24-20(28)17-10-21-9-16(17)14-8-22-26(2)11-14;/h3-8,11,16-17,21H,9-10H2,1-2H3,(H,24,28)(H,23,25,27);1H/t16-,17+;/m1./s1. The lowest BCUT2D eigenvalue weighted by Crippen LogP contribution is -2.28. The van der Waals surface area contributed by atoms with E-state index in [9.17, 15) is 9.59 Å². The molecule has 2 aromatic heterocycles. The highest BCUT2D eigenvalue weighted by atomic mass is 35.5. The molecule has 9 heteroatoms. The Bertz CT molecular complexity index is 1060. The zero-order valence-electron chi connectivity index (χ0n) is 16.2. The summed E-state index contributed by atoms with van der Waals surface area (Å²) < 4.78 is 1.75. The predicted octanol–water partition coefficient (Wildman–Crippen LogP) is 1.84.